The number of rotatable bonds is 7. The lowest BCUT2D eigenvalue weighted by atomic mass is 10.1. The van der Waals surface area contributed by atoms with Gasteiger partial charge in [0.05, 0.1) is 27.8 Å². The zero-order chi connectivity index (χ0) is 24.2. The van der Waals surface area contributed by atoms with E-state index in [0.29, 0.717) is 16.9 Å². The molecule has 0 atom stereocenters. The van der Waals surface area contributed by atoms with Gasteiger partial charge in [0, 0.05) is 11.3 Å². The third kappa shape index (κ3) is 5.71. The van der Waals surface area contributed by atoms with Gasteiger partial charge in [0.25, 0.3) is 15.9 Å². The number of sulfonamides is 1. The van der Waals surface area contributed by atoms with Gasteiger partial charge in [-0.15, -0.1) is 0 Å². The fourth-order valence-corrected chi connectivity index (χ4v) is 4.75. The first-order valence-corrected chi connectivity index (χ1v) is 12.0. The lowest BCUT2D eigenvalue weighted by Gasteiger charge is -2.14. The van der Waals surface area contributed by atoms with Gasteiger partial charge >= 0.3 is 5.97 Å². The number of amides is 1. The van der Waals surface area contributed by atoms with Crippen LogP contribution < -0.4 is 10.0 Å². The van der Waals surface area contributed by atoms with Crippen molar-refractivity contribution in [3.63, 3.8) is 0 Å². The third-order valence-corrected chi connectivity index (χ3v) is 6.67. The van der Waals surface area contributed by atoms with E-state index in [1.807, 2.05) is 6.07 Å². The Morgan fingerprint density at radius 1 is 0.970 bits per heavy atom. The first-order chi connectivity index (χ1) is 15.6. The number of ether oxygens (including phenoxy) is 1. The van der Waals surface area contributed by atoms with Crippen molar-refractivity contribution in [2.45, 2.75) is 25.7 Å². The van der Waals surface area contributed by atoms with Gasteiger partial charge in [-0.1, -0.05) is 35.9 Å². The van der Waals surface area contributed by atoms with Gasteiger partial charge in [0.1, 0.15) is 0 Å². The molecule has 0 spiro atoms. The molecule has 0 saturated heterocycles. The summed E-state index contributed by atoms with van der Waals surface area (Å²) in [6, 6.07) is 15.8. The number of carbonyl (C=O) groups excluding carboxylic acids is 2. The molecule has 0 fully saturated rings. The number of nitrogens with one attached hydrogen (secondary N) is 2. The Labute approximate surface area is 197 Å². The minimum atomic E-state index is -3.93. The Hall–Kier alpha value is -3.36. The first-order valence-electron chi connectivity index (χ1n) is 10.1. The van der Waals surface area contributed by atoms with Crippen molar-refractivity contribution in [3.05, 3.63) is 87.9 Å². The van der Waals surface area contributed by atoms with E-state index in [1.54, 1.807) is 45.0 Å². The summed E-state index contributed by atoms with van der Waals surface area (Å²) in [6.07, 6.45) is 0. The van der Waals surface area contributed by atoms with E-state index in [2.05, 4.69) is 10.0 Å². The second kappa shape index (κ2) is 10.1. The molecule has 172 valence electrons. The Morgan fingerprint density at radius 3 is 2.36 bits per heavy atom. The van der Waals surface area contributed by atoms with Crippen molar-refractivity contribution in [1.82, 2.24) is 0 Å². The number of benzene rings is 3. The van der Waals surface area contributed by atoms with Crippen LogP contribution in [0.3, 0.4) is 0 Å². The fourth-order valence-electron chi connectivity index (χ4n) is 3.09. The van der Waals surface area contributed by atoms with Gasteiger partial charge in [-0.25, -0.2) is 13.2 Å². The number of anilines is 2. The normalized spacial score (nSPS) is 11.0. The molecule has 33 heavy (non-hydrogen) atoms. The Bertz CT molecular complexity index is 1320. The first kappa shape index (κ1) is 24.3. The maximum absolute atomic E-state index is 13.0. The predicted molar refractivity (Wildman–Crippen MR) is 129 cm³/mol. The average Bonchev–Trinajstić information content (AvgIpc) is 2.75. The summed E-state index contributed by atoms with van der Waals surface area (Å²) in [7, 11) is -3.93. The zero-order valence-electron chi connectivity index (χ0n) is 18.3. The monoisotopic (exact) mass is 486 g/mol. The molecular formula is C24H23ClN2O5S. The molecule has 3 aromatic rings. The van der Waals surface area contributed by atoms with Crippen LogP contribution in [0.25, 0.3) is 0 Å². The van der Waals surface area contributed by atoms with E-state index in [9.17, 15) is 18.0 Å². The molecule has 0 unspecified atom stereocenters. The molecule has 0 radical (unpaired) electrons. The maximum Gasteiger partial charge on any atom is 0.339 e. The standard InChI is InChI=1S/C24H23ClN2O5S/c1-4-32-24(29)19-12-11-18(14-20(19)25)26-23(28)17-10-9-16(3)22(13-17)33(30,31)27-21-8-6-5-7-15(21)2/h5-14,27H,4H2,1-3H3,(H,26,28). The van der Waals surface area contributed by atoms with Gasteiger partial charge in [0.15, 0.2) is 0 Å². The maximum atomic E-state index is 13.0. The molecule has 0 aliphatic heterocycles. The summed E-state index contributed by atoms with van der Waals surface area (Å²) < 4.78 is 33.5. The molecule has 0 aromatic heterocycles. The second-order valence-electron chi connectivity index (χ2n) is 7.27. The van der Waals surface area contributed by atoms with Gasteiger partial charge in [-0.05, 0) is 68.3 Å². The van der Waals surface area contributed by atoms with Crippen molar-refractivity contribution in [2.75, 3.05) is 16.6 Å². The SMILES string of the molecule is CCOC(=O)c1ccc(NC(=O)c2ccc(C)c(S(=O)(=O)Nc3ccccc3C)c2)cc1Cl. The lowest BCUT2D eigenvalue weighted by molar-refractivity contribution is 0.0526. The summed E-state index contributed by atoms with van der Waals surface area (Å²) in [6.45, 7) is 5.35. The molecule has 3 aromatic carbocycles. The minimum absolute atomic E-state index is 0.00547. The van der Waals surface area contributed by atoms with E-state index in [4.69, 9.17) is 16.3 Å². The quantitative estimate of drug-likeness (QED) is 0.448. The molecular weight excluding hydrogens is 464 g/mol. The largest absolute Gasteiger partial charge is 0.462 e. The van der Waals surface area contributed by atoms with Crippen molar-refractivity contribution in [1.29, 1.82) is 0 Å². The molecule has 3 rings (SSSR count). The van der Waals surface area contributed by atoms with Crippen LogP contribution >= 0.6 is 11.6 Å². The van der Waals surface area contributed by atoms with Crippen LogP contribution in [-0.4, -0.2) is 26.9 Å². The minimum Gasteiger partial charge on any atom is -0.462 e. The summed E-state index contributed by atoms with van der Waals surface area (Å²) in [5.74, 6) is -1.09. The number of esters is 1. The third-order valence-electron chi connectivity index (χ3n) is 4.85. The summed E-state index contributed by atoms with van der Waals surface area (Å²) in [5, 5.41) is 2.79. The number of para-hydroxylation sites is 1. The number of aryl methyl sites for hydroxylation is 2. The van der Waals surface area contributed by atoms with Crippen LogP contribution in [0.5, 0.6) is 0 Å². The van der Waals surface area contributed by atoms with Crippen LogP contribution in [0.4, 0.5) is 11.4 Å². The molecule has 0 bridgehead atoms. The highest BCUT2D eigenvalue weighted by molar-refractivity contribution is 7.92. The number of halogens is 1. The van der Waals surface area contributed by atoms with Crippen molar-refractivity contribution >= 4 is 44.9 Å². The fraction of sp³-hybridized carbons (Fsp3) is 0.167. The summed E-state index contributed by atoms with van der Waals surface area (Å²) in [5.41, 5.74) is 2.41. The van der Waals surface area contributed by atoms with Crippen molar-refractivity contribution in [3.8, 4) is 0 Å². The molecule has 0 aliphatic rings. The van der Waals surface area contributed by atoms with Crippen LogP contribution in [0, 0.1) is 13.8 Å². The van der Waals surface area contributed by atoms with Gasteiger partial charge in [0.2, 0.25) is 0 Å². The Morgan fingerprint density at radius 2 is 1.70 bits per heavy atom. The van der Waals surface area contributed by atoms with Gasteiger partial charge < -0.3 is 10.1 Å². The Balaban J connectivity index is 1.84. The van der Waals surface area contributed by atoms with Gasteiger partial charge in [-0.2, -0.15) is 0 Å². The van der Waals surface area contributed by atoms with Crippen LogP contribution in [-0.2, 0) is 14.8 Å². The van der Waals surface area contributed by atoms with Crippen LogP contribution in [0.15, 0.2) is 65.6 Å². The van der Waals surface area contributed by atoms with Crippen molar-refractivity contribution in [2.24, 2.45) is 0 Å². The number of hydrogen-bond acceptors (Lipinski definition) is 5. The van der Waals surface area contributed by atoms with Crippen molar-refractivity contribution < 1.29 is 22.7 Å². The molecule has 7 nitrogen and oxygen atoms in total. The molecule has 0 aliphatic carbocycles. The highest BCUT2D eigenvalue weighted by Gasteiger charge is 2.20. The molecule has 1 amide bonds. The molecule has 9 heteroatoms. The van der Waals surface area contributed by atoms with E-state index < -0.39 is 21.9 Å². The predicted octanol–water partition coefficient (Wildman–Crippen LogP) is 5.19. The second-order valence-corrected chi connectivity index (χ2v) is 9.33. The van der Waals surface area contributed by atoms with Crippen LogP contribution in [0.2, 0.25) is 5.02 Å². The molecule has 2 N–H and O–H groups in total. The number of carbonyl (C=O) groups is 2. The van der Waals surface area contributed by atoms with Gasteiger partial charge in [-0.3, -0.25) is 9.52 Å². The highest BCUT2D eigenvalue weighted by Crippen LogP contribution is 2.25. The van der Waals surface area contributed by atoms with E-state index in [0.717, 1.165) is 5.56 Å². The van der Waals surface area contributed by atoms with E-state index in [-0.39, 0.29) is 27.7 Å². The molecule has 0 saturated carbocycles. The number of hydrogen-bond donors (Lipinski definition) is 2. The van der Waals surface area contributed by atoms with E-state index in [1.165, 1.54) is 30.3 Å². The van der Waals surface area contributed by atoms with E-state index >= 15 is 0 Å². The topological polar surface area (TPSA) is 102 Å². The summed E-state index contributed by atoms with van der Waals surface area (Å²) >= 11 is 6.15. The zero-order valence-corrected chi connectivity index (χ0v) is 19.9. The smallest absolute Gasteiger partial charge is 0.339 e. The Kier molecular flexibility index (Phi) is 7.40. The van der Waals surface area contributed by atoms with Crippen LogP contribution in [0.1, 0.15) is 38.8 Å². The highest BCUT2D eigenvalue weighted by atomic mass is 35.5. The lowest BCUT2D eigenvalue weighted by Crippen LogP contribution is -2.17. The molecule has 0 heterocycles. The summed E-state index contributed by atoms with van der Waals surface area (Å²) in [4.78, 5) is 24.7. The average molecular weight is 487 g/mol.